The molecule has 28 heavy (non-hydrogen) atoms. The molecule has 0 spiro atoms. The van der Waals surface area contributed by atoms with E-state index in [2.05, 4.69) is 29.6 Å². The van der Waals surface area contributed by atoms with Gasteiger partial charge in [0.2, 0.25) is 0 Å². The molecule has 0 aliphatic carbocycles. The van der Waals surface area contributed by atoms with Gasteiger partial charge in [0.15, 0.2) is 5.82 Å². The third-order valence-corrected chi connectivity index (χ3v) is 6.38. The molecule has 3 aromatic rings. The van der Waals surface area contributed by atoms with Crippen LogP contribution in [-0.4, -0.2) is 33.8 Å². The molecule has 0 aliphatic rings. The van der Waals surface area contributed by atoms with Crippen molar-refractivity contribution >= 4 is 30.6 Å². The van der Waals surface area contributed by atoms with Crippen molar-refractivity contribution in [2.24, 2.45) is 5.73 Å². The molecule has 2 aromatic heterocycles. The minimum absolute atomic E-state index is 0.284. The lowest BCUT2D eigenvalue weighted by Crippen LogP contribution is -2.28. The summed E-state index contributed by atoms with van der Waals surface area (Å²) < 4.78 is 8.98. The Labute approximate surface area is 170 Å². The van der Waals surface area contributed by atoms with Gasteiger partial charge in [0.1, 0.15) is 12.6 Å². The quantitative estimate of drug-likeness (QED) is 0.467. The molecule has 0 bridgehead atoms. The summed E-state index contributed by atoms with van der Waals surface area (Å²) in [6, 6.07) is 5.83. The number of ether oxygens (including phenoxy) is 1. The fraction of sp³-hybridized carbons (Fsp3) is 0.421. The molecule has 0 radical (unpaired) electrons. The Balaban J connectivity index is 1.94. The van der Waals surface area contributed by atoms with Crippen LogP contribution in [0.1, 0.15) is 18.8 Å². The zero-order valence-electron chi connectivity index (χ0n) is 16.6. The lowest BCUT2D eigenvalue weighted by atomic mass is 10.2. The van der Waals surface area contributed by atoms with Crippen molar-refractivity contribution < 1.29 is 4.74 Å². The summed E-state index contributed by atoms with van der Waals surface area (Å²) in [7, 11) is -1.13. The number of nitrogens with two attached hydrogens (primary N) is 1. The van der Waals surface area contributed by atoms with E-state index in [4.69, 9.17) is 22.1 Å². The van der Waals surface area contributed by atoms with Gasteiger partial charge in [-0.15, -0.1) is 0 Å². The number of halogens is 1. The maximum absolute atomic E-state index is 13.2. The Morgan fingerprint density at radius 3 is 2.75 bits per heavy atom. The number of benzene rings is 1. The number of rotatable bonds is 7. The highest BCUT2D eigenvalue weighted by Gasteiger charge is 2.19. The molecule has 7 nitrogen and oxygen atoms in total. The summed E-state index contributed by atoms with van der Waals surface area (Å²) in [4.78, 5) is 22.1. The van der Waals surface area contributed by atoms with E-state index in [1.807, 2.05) is 0 Å². The number of aromatic nitrogens is 4. The van der Waals surface area contributed by atoms with Gasteiger partial charge < -0.3 is 15.0 Å². The van der Waals surface area contributed by atoms with Crippen LogP contribution in [-0.2, 0) is 11.5 Å². The normalized spacial score (nSPS) is 13.2. The topological polar surface area (TPSA) is 88.0 Å². The van der Waals surface area contributed by atoms with E-state index < -0.39 is 14.1 Å². The molecule has 0 fully saturated rings. The molecule has 0 amide bonds. The van der Waals surface area contributed by atoms with Crippen molar-refractivity contribution in [1.29, 1.82) is 0 Å². The first-order valence-corrected chi connectivity index (χ1v) is 13.3. The fourth-order valence-corrected chi connectivity index (χ4v) is 3.82. The first-order chi connectivity index (χ1) is 13.2. The summed E-state index contributed by atoms with van der Waals surface area (Å²) >= 11 is 6.25. The van der Waals surface area contributed by atoms with E-state index in [9.17, 15) is 4.79 Å². The second-order valence-electron chi connectivity index (χ2n) is 8.13. The molecule has 0 saturated carbocycles. The molecule has 2 N–H and O–H groups in total. The molecule has 9 heteroatoms. The Hall–Kier alpha value is -2.00. The summed E-state index contributed by atoms with van der Waals surface area (Å²) in [6.07, 6.45) is 3.39. The van der Waals surface area contributed by atoms with Gasteiger partial charge >= 0.3 is 0 Å². The van der Waals surface area contributed by atoms with Crippen LogP contribution in [0.25, 0.3) is 16.7 Å². The number of imidazole rings is 1. The van der Waals surface area contributed by atoms with Gasteiger partial charge in [0.25, 0.3) is 5.56 Å². The third kappa shape index (κ3) is 4.52. The van der Waals surface area contributed by atoms with Crippen LogP contribution in [0.15, 0.2) is 35.5 Å². The van der Waals surface area contributed by atoms with Gasteiger partial charge in [-0.1, -0.05) is 37.3 Å². The van der Waals surface area contributed by atoms with Crippen molar-refractivity contribution in [3.05, 3.63) is 51.9 Å². The molecule has 0 saturated heterocycles. The van der Waals surface area contributed by atoms with E-state index >= 15 is 0 Å². The van der Waals surface area contributed by atoms with Gasteiger partial charge in [-0.2, -0.15) is 0 Å². The Morgan fingerprint density at radius 1 is 1.32 bits per heavy atom. The minimum atomic E-state index is -1.13. The predicted octanol–water partition coefficient (Wildman–Crippen LogP) is 3.57. The Bertz CT molecular complexity index is 1040. The lowest BCUT2D eigenvalue weighted by Gasteiger charge is -2.15. The van der Waals surface area contributed by atoms with E-state index in [0.717, 1.165) is 6.04 Å². The molecule has 0 aliphatic heterocycles. The number of hydrogen-bond donors (Lipinski definition) is 1. The Morgan fingerprint density at radius 2 is 2.07 bits per heavy atom. The highest BCUT2D eigenvalue weighted by molar-refractivity contribution is 6.76. The van der Waals surface area contributed by atoms with E-state index in [1.165, 1.54) is 4.57 Å². The van der Waals surface area contributed by atoms with Crippen molar-refractivity contribution in [1.82, 2.24) is 19.1 Å². The molecule has 1 atom stereocenters. The average molecular weight is 420 g/mol. The molecule has 2 heterocycles. The smallest absolute Gasteiger partial charge is 0.268 e. The standard InChI is InChI=1S/C19H26ClN5O2Si/c1-13(21)18-23-15-7-5-6-14(20)17(15)19(26)25(18)16-10-24(11-22-16)12-27-8-9-28(2,3)4/h5-7,10-11,13H,8-9,12,21H2,1-4H3. The lowest BCUT2D eigenvalue weighted by molar-refractivity contribution is 0.0871. The first kappa shape index (κ1) is 20.7. The highest BCUT2D eigenvalue weighted by atomic mass is 35.5. The highest BCUT2D eigenvalue weighted by Crippen LogP contribution is 2.21. The van der Waals surface area contributed by atoms with Crippen LogP contribution in [0.4, 0.5) is 0 Å². The number of nitrogens with zero attached hydrogens (tertiary/aromatic N) is 4. The van der Waals surface area contributed by atoms with Gasteiger partial charge in [-0.05, 0) is 25.1 Å². The van der Waals surface area contributed by atoms with Gasteiger partial charge in [-0.3, -0.25) is 4.79 Å². The zero-order chi connectivity index (χ0) is 20.5. The second kappa shape index (κ2) is 8.16. The van der Waals surface area contributed by atoms with Crippen LogP contribution in [0.2, 0.25) is 30.7 Å². The van der Waals surface area contributed by atoms with E-state index in [0.29, 0.717) is 40.9 Å². The first-order valence-electron chi connectivity index (χ1n) is 9.24. The molecule has 3 rings (SSSR count). The fourth-order valence-electron chi connectivity index (χ4n) is 2.82. The third-order valence-electron chi connectivity index (χ3n) is 4.37. The van der Waals surface area contributed by atoms with Crippen LogP contribution >= 0.6 is 11.6 Å². The molecule has 1 unspecified atom stereocenters. The van der Waals surface area contributed by atoms with Crippen LogP contribution in [0.3, 0.4) is 0 Å². The summed E-state index contributed by atoms with van der Waals surface area (Å²) in [5.41, 5.74) is 6.32. The summed E-state index contributed by atoms with van der Waals surface area (Å²) in [6.45, 7) is 9.80. The largest absolute Gasteiger partial charge is 0.361 e. The van der Waals surface area contributed by atoms with Crippen molar-refractivity contribution in [3.63, 3.8) is 0 Å². The van der Waals surface area contributed by atoms with E-state index in [1.54, 1.807) is 42.2 Å². The van der Waals surface area contributed by atoms with Crippen molar-refractivity contribution in [2.45, 2.75) is 45.4 Å². The minimum Gasteiger partial charge on any atom is -0.361 e. The molecular formula is C19H26ClN5O2Si. The monoisotopic (exact) mass is 419 g/mol. The second-order valence-corrected chi connectivity index (χ2v) is 14.2. The maximum atomic E-state index is 13.2. The van der Waals surface area contributed by atoms with Crippen molar-refractivity contribution in [3.8, 4) is 5.82 Å². The number of hydrogen-bond acceptors (Lipinski definition) is 5. The zero-order valence-corrected chi connectivity index (χ0v) is 18.4. The molecular weight excluding hydrogens is 394 g/mol. The van der Waals surface area contributed by atoms with Crippen molar-refractivity contribution in [2.75, 3.05) is 6.61 Å². The van der Waals surface area contributed by atoms with Gasteiger partial charge in [0, 0.05) is 14.7 Å². The average Bonchev–Trinajstić information content (AvgIpc) is 3.06. The predicted molar refractivity (Wildman–Crippen MR) is 115 cm³/mol. The SMILES string of the molecule is CC(N)c1nc2cccc(Cl)c2c(=O)n1-c1cn(COCC[Si](C)(C)C)cn1. The van der Waals surface area contributed by atoms with Crippen LogP contribution in [0, 0.1) is 0 Å². The summed E-state index contributed by atoms with van der Waals surface area (Å²) in [5.74, 6) is 0.880. The van der Waals surface area contributed by atoms with Crippen LogP contribution in [0.5, 0.6) is 0 Å². The Kier molecular flexibility index (Phi) is 6.04. The van der Waals surface area contributed by atoms with E-state index in [-0.39, 0.29) is 5.56 Å². The van der Waals surface area contributed by atoms with Crippen LogP contribution < -0.4 is 11.3 Å². The van der Waals surface area contributed by atoms with Gasteiger partial charge in [-0.25, -0.2) is 14.5 Å². The number of fused-ring (bicyclic) bond motifs is 1. The molecule has 1 aromatic carbocycles. The van der Waals surface area contributed by atoms with Gasteiger partial charge in [0.05, 0.1) is 34.5 Å². The molecule has 150 valence electrons. The summed E-state index contributed by atoms with van der Waals surface area (Å²) in [5, 5.41) is 0.712. The maximum Gasteiger partial charge on any atom is 0.268 e.